The second-order valence-corrected chi connectivity index (χ2v) is 23.3. The Balaban J connectivity index is 0.833. The molecule has 1 spiro atoms. The summed E-state index contributed by atoms with van der Waals surface area (Å²) in [5.74, 6) is 0.935. The summed E-state index contributed by atoms with van der Waals surface area (Å²) in [5.41, 5.74) is 0.363. The van der Waals surface area contributed by atoms with Crippen molar-refractivity contribution in [2.45, 2.75) is 214 Å². The van der Waals surface area contributed by atoms with Crippen LogP contribution in [0.2, 0.25) is 0 Å². The van der Waals surface area contributed by atoms with Gasteiger partial charge in [-0.05, 0) is 67.6 Å². The van der Waals surface area contributed by atoms with Crippen LogP contribution in [0.3, 0.4) is 0 Å². The van der Waals surface area contributed by atoms with Crippen LogP contribution in [-0.2, 0) is 52.2 Å². The highest BCUT2D eigenvalue weighted by Crippen LogP contribution is 2.70. The van der Waals surface area contributed by atoms with E-state index >= 15 is 0 Å². The Labute approximate surface area is 423 Å². The van der Waals surface area contributed by atoms with Gasteiger partial charge in [-0.3, -0.25) is 4.79 Å². The Kier molecular flexibility index (Phi) is 15.8. The Morgan fingerprint density at radius 3 is 1.96 bits per heavy atom. The molecule has 10 aliphatic rings. The van der Waals surface area contributed by atoms with Crippen LogP contribution in [0.25, 0.3) is 0 Å². The van der Waals surface area contributed by atoms with Crippen molar-refractivity contribution in [1.29, 1.82) is 0 Å². The Morgan fingerprint density at radius 1 is 0.630 bits per heavy atom. The fourth-order valence-corrected chi connectivity index (χ4v) is 15.0. The molecule has 0 aromatic heterocycles. The number of carbonyl (C=O) groups is 1. The first-order valence-corrected chi connectivity index (χ1v) is 26.4. The van der Waals surface area contributed by atoms with Gasteiger partial charge in [-0.25, -0.2) is 0 Å². The summed E-state index contributed by atoms with van der Waals surface area (Å²) in [6.45, 7) is 6.44. The van der Waals surface area contributed by atoms with Crippen LogP contribution in [0.1, 0.15) is 79.1 Å². The minimum atomic E-state index is -2.02. The molecule has 4 aliphatic carbocycles. The quantitative estimate of drug-likeness (QED) is 0.0908. The minimum absolute atomic E-state index is 0.0324. The van der Waals surface area contributed by atoms with Gasteiger partial charge in [-0.15, -0.1) is 0 Å². The van der Waals surface area contributed by atoms with Crippen molar-refractivity contribution in [3.8, 4) is 0 Å². The number of aliphatic hydroxyl groups excluding tert-OH is 12. The molecule has 0 aromatic rings. The van der Waals surface area contributed by atoms with Crippen molar-refractivity contribution in [2.75, 3.05) is 33.0 Å². The average molecular weight is 1050 g/mol. The van der Waals surface area contributed by atoms with Gasteiger partial charge in [-0.2, -0.15) is 0 Å². The molecule has 3 saturated carbocycles. The number of allylic oxidation sites excluding steroid dienone is 1. The van der Waals surface area contributed by atoms with Gasteiger partial charge in [0.2, 0.25) is 0 Å². The summed E-state index contributed by atoms with van der Waals surface area (Å²) in [6, 6.07) is 0. The smallest absolute Gasteiger partial charge is 0.187 e. The van der Waals surface area contributed by atoms with Gasteiger partial charge in [0.25, 0.3) is 0 Å². The maximum Gasteiger partial charge on any atom is 0.187 e. The molecule has 1 unspecified atom stereocenters. The molecule has 416 valence electrons. The maximum atomic E-state index is 14.7. The third kappa shape index (κ3) is 9.22. The van der Waals surface area contributed by atoms with E-state index in [1.54, 1.807) is 0 Å². The van der Waals surface area contributed by atoms with Crippen molar-refractivity contribution < 1.29 is 113 Å². The molecule has 9 fully saturated rings. The van der Waals surface area contributed by atoms with Crippen LogP contribution in [0, 0.1) is 46.3 Å². The largest absolute Gasteiger partial charge is 0.394 e. The molecular weight excluding hydrogens is 969 g/mol. The van der Waals surface area contributed by atoms with Gasteiger partial charge in [0.05, 0.1) is 45.2 Å². The van der Waals surface area contributed by atoms with E-state index < -0.39 is 160 Å². The molecule has 0 amide bonds. The Hall–Kier alpha value is -1.47. The summed E-state index contributed by atoms with van der Waals surface area (Å²) < 4.78 is 61.0. The number of hydrogen-bond acceptors (Lipinski definition) is 23. The lowest BCUT2D eigenvalue weighted by Gasteiger charge is -2.58. The number of carbonyl (C=O) groups excluding carboxylic acids is 1. The van der Waals surface area contributed by atoms with E-state index in [0.29, 0.717) is 49.9 Å². The number of aliphatic hydroxyl groups is 12. The number of fused-ring (bicyclic) bond motifs is 7. The Morgan fingerprint density at radius 2 is 1.26 bits per heavy atom. The summed E-state index contributed by atoms with van der Waals surface area (Å²) in [4.78, 5) is 14.7. The van der Waals surface area contributed by atoms with E-state index in [9.17, 15) is 66.1 Å². The number of ketones is 1. The lowest BCUT2D eigenvalue weighted by Crippen LogP contribution is -2.68. The number of hydrogen-bond donors (Lipinski definition) is 12. The third-order valence-corrected chi connectivity index (χ3v) is 19.3. The first-order chi connectivity index (χ1) is 34.7. The molecule has 30 atom stereocenters. The van der Waals surface area contributed by atoms with E-state index in [1.807, 2.05) is 0 Å². The molecule has 0 bridgehead atoms. The predicted molar refractivity (Wildman–Crippen MR) is 243 cm³/mol. The first-order valence-electron chi connectivity index (χ1n) is 26.4. The first kappa shape index (κ1) is 54.9. The molecule has 0 aromatic carbocycles. The topological polar surface area (TPSA) is 352 Å². The van der Waals surface area contributed by atoms with Gasteiger partial charge in [0, 0.05) is 30.1 Å². The molecule has 12 N–H and O–H groups in total. The van der Waals surface area contributed by atoms with E-state index in [4.69, 9.17) is 47.4 Å². The predicted octanol–water partition coefficient (Wildman–Crippen LogP) is -3.17. The zero-order chi connectivity index (χ0) is 52.2. The summed E-state index contributed by atoms with van der Waals surface area (Å²) in [5, 5.41) is 129. The van der Waals surface area contributed by atoms with Crippen molar-refractivity contribution in [1.82, 2.24) is 0 Å². The van der Waals surface area contributed by atoms with Crippen molar-refractivity contribution in [3.05, 3.63) is 11.6 Å². The SMILES string of the molecule is C[C@H]1CC[C@@]2(OC1)O[C@H]1C[C@H]3[C@@H]4CC=C5C[C@@H](O[C@@H]6O[C@H](CO)[C@H](O[C@@H]7O[C@H](CO)[C@@H](O)[C@H](O[C@@H]8OC[C@@H](O)C(O)[C@H]8O)[C@H]7O[C@@H]7O[C@H](CO)[C@@H](O)[C@H](O)[C@H]7O)[C@H](O)[C@H]6O)CC[C@]5(C)[C@H]4CC(=O)[C@]3(C)[C@H]1[C@@H]2C. The average Bonchev–Trinajstić information content (AvgIpc) is 3.83. The van der Waals surface area contributed by atoms with E-state index in [0.717, 1.165) is 31.3 Å². The summed E-state index contributed by atoms with van der Waals surface area (Å²) in [7, 11) is 0. The highest BCUT2D eigenvalue weighted by molar-refractivity contribution is 5.87. The number of rotatable bonds is 11. The van der Waals surface area contributed by atoms with Gasteiger partial charge >= 0.3 is 0 Å². The fourth-order valence-electron chi connectivity index (χ4n) is 15.0. The molecule has 6 saturated heterocycles. The van der Waals surface area contributed by atoms with Crippen LogP contribution in [0.4, 0.5) is 0 Å². The molecule has 10 rings (SSSR count). The van der Waals surface area contributed by atoms with Gasteiger partial charge < -0.3 is 109 Å². The molecule has 0 radical (unpaired) electrons. The molecule has 6 aliphatic heterocycles. The lowest BCUT2D eigenvalue weighted by molar-refractivity contribution is -0.403. The molecule has 6 heterocycles. The normalized spacial score (nSPS) is 56.1. The highest BCUT2D eigenvalue weighted by Gasteiger charge is 2.71. The number of ether oxygens (including phenoxy) is 10. The molecule has 73 heavy (non-hydrogen) atoms. The van der Waals surface area contributed by atoms with E-state index in [2.05, 4.69) is 33.8 Å². The second kappa shape index (κ2) is 21.0. The maximum absolute atomic E-state index is 14.7. The van der Waals surface area contributed by atoms with Crippen LogP contribution in [0.15, 0.2) is 11.6 Å². The third-order valence-electron chi connectivity index (χ3n) is 19.3. The van der Waals surface area contributed by atoms with Crippen LogP contribution in [-0.4, -0.2) is 235 Å². The zero-order valence-electron chi connectivity index (χ0n) is 41.7. The van der Waals surface area contributed by atoms with E-state index in [1.165, 1.54) is 0 Å². The minimum Gasteiger partial charge on any atom is -0.394 e. The van der Waals surface area contributed by atoms with Gasteiger partial charge in [-0.1, -0.05) is 39.3 Å². The van der Waals surface area contributed by atoms with Crippen LogP contribution in [0.5, 0.6) is 0 Å². The van der Waals surface area contributed by atoms with Gasteiger partial charge in [0.15, 0.2) is 30.9 Å². The lowest BCUT2D eigenvalue weighted by atomic mass is 9.46. The van der Waals surface area contributed by atoms with Gasteiger partial charge in [0.1, 0.15) is 97.3 Å². The van der Waals surface area contributed by atoms with Crippen LogP contribution < -0.4 is 0 Å². The monoisotopic (exact) mass is 1050 g/mol. The van der Waals surface area contributed by atoms with Crippen molar-refractivity contribution in [3.63, 3.8) is 0 Å². The standard InChI is InChI=1S/C50H78O23/c1-19-7-10-50(65-17-19)20(2)32-27(73-50)12-25-23-6-5-21-11-22(8-9-48(21,3)24(23)13-31(55)49(25,32)4)66-45-40(63)37(60)41(30(16-53)69-45)70-47-43(72-46-39(62)36(59)34(57)28(14-51)67-46)42(35(58)29(15-52)68-47)71-44-38(61)33(56)26(54)18-64-44/h5,19-20,22-30,32-47,51-54,56-63H,6-18H2,1-4H3/t19-,20-,22-,23+,24-,25-,26+,27-,28+,29+,30+,32-,33?,34+,35+,36-,37+,38+,39+,40+,41-,42-,43+,44-,45+,46-,47-,48-,49+,50+/m0/s1. The zero-order valence-corrected chi connectivity index (χ0v) is 41.7. The van der Waals surface area contributed by atoms with Crippen molar-refractivity contribution >= 4 is 5.78 Å². The second-order valence-electron chi connectivity index (χ2n) is 23.3. The summed E-state index contributed by atoms with van der Waals surface area (Å²) in [6.07, 6.45) is -26.0. The van der Waals surface area contributed by atoms with Crippen LogP contribution >= 0.6 is 0 Å². The molecular formula is C50H78O23. The fraction of sp³-hybridized carbons (Fsp3) is 0.940. The highest BCUT2D eigenvalue weighted by atomic mass is 16.8. The summed E-state index contributed by atoms with van der Waals surface area (Å²) >= 11 is 0. The molecule has 23 nitrogen and oxygen atoms in total. The van der Waals surface area contributed by atoms with E-state index in [-0.39, 0.29) is 35.2 Å². The number of Topliss-reactive ketones (excluding diaryl/α,β-unsaturated/α-hetero) is 1. The molecule has 23 heteroatoms. The Bertz CT molecular complexity index is 1970. The van der Waals surface area contributed by atoms with Crippen molar-refractivity contribution in [2.24, 2.45) is 46.3 Å².